The number of amides is 2. The third-order valence-electron chi connectivity index (χ3n) is 5.00. The molecule has 2 aromatic carbocycles. The molecule has 3 rings (SSSR count). The van der Waals surface area contributed by atoms with Gasteiger partial charge in [-0.15, -0.1) is 0 Å². The molecule has 1 heterocycles. The monoisotopic (exact) mass is 431 g/mol. The van der Waals surface area contributed by atoms with Crippen molar-refractivity contribution in [3.05, 3.63) is 54.6 Å². The van der Waals surface area contributed by atoms with Gasteiger partial charge in [0.05, 0.1) is 18.1 Å². The van der Waals surface area contributed by atoms with Crippen molar-refractivity contribution in [1.82, 2.24) is 4.90 Å². The van der Waals surface area contributed by atoms with Crippen molar-refractivity contribution in [2.75, 3.05) is 42.4 Å². The number of hydrogen-bond donors (Lipinski definition) is 1. The van der Waals surface area contributed by atoms with Crippen molar-refractivity contribution < 1.29 is 22.7 Å². The summed E-state index contributed by atoms with van der Waals surface area (Å²) in [6, 6.07) is 14.9. The van der Waals surface area contributed by atoms with Gasteiger partial charge in [0.25, 0.3) is 0 Å². The second-order valence-corrected chi connectivity index (χ2v) is 9.34. The number of sulfone groups is 1. The summed E-state index contributed by atoms with van der Waals surface area (Å²) in [5, 5.41) is 0. The van der Waals surface area contributed by atoms with Crippen LogP contribution in [0.5, 0.6) is 0 Å². The number of rotatable bonds is 6. The summed E-state index contributed by atoms with van der Waals surface area (Å²) in [6.45, 7) is 0.328. The van der Waals surface area contributed by atoms with Crippen LogP contribution < -0.4 is 10.6 Å². The number of anilines is 3. The minimum absolute atomic E-state index is 0.00296. The maximum atomic E-state index is 13.4. The van der Waals surface area contributed by atoms with Gasteiger partial charge in [0.15, 0.2) is 9.84 Å². The first-order valence-electron chi connectivity index (χ1n) is 9.57. The van der Waals surface area contributed by atoms with E-state index in [0.29, 0.717) is 23.5 Å². The van der Waals surface area contributed by atoms with Crippen molar-refractivity contribution in [3.8, 4) is 0 Å². The lowest BCUT2D eigenvalue weighted by atomic mass is 10.2. The number of ether oxygens (including phenoxy) is 1. The van der Waals surface area contributed by atoms with Gasteiger partial charge >= 0.3 is 11.8 Å². The van der Waals surface area contributed by atoms with Crippen LogP contribution in [-0.2, 0) is 24.2 Å². The Morgan fingerprint density at radius 2 is 1.67 bits per heavy atom. The quantitative estimate of drug-likeness (QED) is 0.549. The molecule has 1 saturated heterocycles. The Morgan fingerprint density at radius 3 is 2.23 bits per heavy atom. The highest BCUT2D eigenvalue weighted by molar-refractivity contribution is 7.91. The molecule has 1 atom stereocenters. The lowest BCUT2D eigenvalue weighted by Crippen LogP contribution is -2.50. The molecule has 1 fully saturated rings. The Kier molecular flexibility index (Phi) is 6.73. The first kappa shape index (κ1) is 21.8. The van der Waals surface area contributed by atoms with Crippen molar-refractivity contribution in [3.63, 3.8) is 0 Å². The third kappa shape index (κ3) is 4.98. The minimum atomic E-state index is -3.23. The second-order valence-electron chi connectivity index (χ2n) is 7.12. The zero-order chi connectivity index (χ0) is 21.7. The molecule has 30 heavy (non-hydrogen) atoms. The summed E-state index contributed by atoms with van der Waals surface area (Å²) >= 11 is 0. The summed E-state index contributed by atoms with van der Waals surface area (Å²) in [5.41, 5.74) is 7.30. The van der Waals surface area contributed by atoms with Crippen LogP contribution in [-0.4, -0.2) is 62.9 Å². The molecule has 2 N–H and O–H groups in total. The van der Waals surface area contributed by atoms with Crippen LogP contribution in [0.4, 0.5) is 17.1 Å². The zero-order valence-electron chi connectivity index (χ0n) is 16.7. The fraction of sp³-hybridized carbons (Fsp3) is 0.333. The highest BCUT2D eigenvalue weighted by Crippen LogP contribution is 2.27. The molecule has 1 unspecified atom stereocenters. The number of nitrogens with two attached hydrogens (primary N) is 1. The number of methoxy groups -OCH3 is 1. The molecule has 1 aliphatic heterocycles. The third-order valence-corrected chi connectivity index (χ3v) is 6.75. The highest BCUT2D eigenvalue weighted by atomic mass is 32.2. The second kappa shape index (κ2) is 9.27. The molecule has 9 heteroatoms. The van der Waals surface area contributed by atoms with Crippen LogP contribution in [0.15, 0.2) is 54.6 Å². The van der Waals surface area contributed by atoms with Crippen LogP contribution in [0.1, 0.15) is 6.42 Å². The SMILES string of the molecule is COCCN(C(=O)C(=O)N(c1ccccc1)c1ccc(N)cc1)C1CCS(=O)(=O)C1. The molecule has 1 aliphatic rings. The molecule has 2 aromatic rings. The average Bonchev–Trinajstić information content (AvgIpc) is 3.10. The van der Waals surface area contributed by atoms with E-state index in [0.717, 1.165) is 0 Å². The molecular formula is C21H25N3O5S. The maximum Gasteiger partial charge on any atom is 0.321 e. The maximum absolute atomic E-state index is 13.4. The Balaban J connectivity index is 1.95. The minimum Gasteiger partial charge on any atom is -0.399 e. The Bertz CT molecular complexity index is 993. The average molecular weight is 432 g/mol. The Morgan fingerprint density at radius 1 is 1.03 bits per heavy atom. The van der Waals surface area contributed by atoms with Gasteiger partial charge in [-0.05, 0) is 42.8 Å². The number of benzene rings is 2. The molecule has 160 valence electrons. The lowest BCUT2D eigenvalue weighted by molar-refractivity contribution is -0.145. The van der Waals surface area contributed by atoms with E-state index in [9.17, 15) is 18.0 Å². The van der Waals surface area contributed by atoms with Crippen molar-refractivity contribution in [2.45, 2.75) is 12.5 Å². The van der Waals surface area contributed by atoms with Gasteiger partial charge in [-0.2, -0.15) is 0 Å². The van der Waals surface area contributed by atoms with Gasteiger partial charge < -0.3 is 15.4 Å². The predicted molar refractivity (Wildman–Crippen MR) is 115 cm³/mol. The van der Waals surface area contributed by atoms with Crippen molar-refractivity contribution in [2.24, 2.45) is 0 Å². The number of carbonyl (C=O) groups is 2. The van der Waals surface area contributed by atoms with E-state index >= 15 is 0 Å². The van der Waals surface area contributed by atoms with Crippen LogP contribution in [0.25, 0.3) is 0 Å². The van der Waals surface area contributed by atoms with Gasteiger partial charge in [0, 0.05) is 36.8 Å². The van der Waals surface area contributed by atoms with E-state index in [4.69, 9.17) is 10.5 Å². The van der Waals surface area contributed by atoms with Gasteiger partial charge in [-0.25, -0.2) is 8.42 Å². The summed E-state index contributed by atoms with van der Waals surface area (Å²) in [4.78, 5) is 29.3. The number of carbonyl (C=O) groups excluding carboxylic acids is 2. The number of nitrogens with zero attached hydrogens (tertiary/aromatic N) is 2. The number of para-hydroxylation sites is 1. The van der Waals surface area contributed by atoms with Crippen LogP contribution >= 0.6 is 0 Å². The van der Waals surface area contributed by atoms with E-state index < -0.39 is 27.7 Å². The summed E-state index contributed by atoms with van der Waals surface area (Å²) in [6.07, 6.45) is 0.304. The van der Waals surface area contributed by atoms with E-state index in [2.05, 4.69) is 0 Å². The zero-order valence-corrected chi connectivity index (χ0v) is 17.5. The Labute approximate surface area is 176 Å². The highest BCUT2D eigenvalue weighted by Gasteiger charge is 2.38. The van der Waals surface area contributed by atoms with Gasteiger partial charge in [0.2, 0.25) is 0 Å². The summed E-state index contributed by atoms with van der Waals surface area (Å²) in [5.74, 6) is -1.69. The number of hydrogen-bond acceptors (Lipinski definition) is 6. The Hall–Kier alpha value is -2.91. The van der Waals surface area contributed by atoms with Crippen LogP contribution in [0, 0.1) is 0 Å². The topological polar surface area (TPSA) is 110 Å². The predicted octanol–water partition coefficient (Wildman–Crippen LogP) is 1.60. The smallest absolute Gasteiger partial charge is 0.321 e. The van der Waals surface area contributed by atoms with E-state index in [1.54, 1.807) is 48.5 Å². The normalized spacial score (nSPS) is 17.4. The molecule has 0 radical (unpaired) electrons. The first-order chi connectivity index (χ1) is 14.3. The van der Waals surface area contributed by atoms with Gasteiger partial charge in [-0.1, -0.05) is 18.2 Å². The molecule has 0 saturated carbocycles. The van der Waals surface area contributed by atoms with E-state index in [-0.39, 0.29) is 24.7 Å². The standard InChI is InChI=1S/C21H25N3O5S/c1-29-13-12-23(19-11-14-30(27,28)15-19)20(25)21(26)24(17-5-3-2-4-6-17)18-9-7-16(22)8-10-18/h2-10,19H,11-15,22H2,1H3. The molecule has 0 spiro atoms. The fourth-order valence-corrected chi connectivity index (χ4v) is 5.19. The van der Waals surface area contributed by atoms with Crippen LogP contribution in [0.2, 0.25) is 0 Å². The molecule has 2 amide bonds. The van der Waals surface area contributed by atoms with E-state index in [1.807, 2.05) is 6.07 Å². The van der Waals surface area contributed by atoms with Crippen LogP contribution in [0.3, 0.4) is 0 Å². The van der Waals surface area contributed by atoms with Crippen molar-refractivity contribution >= 4 is 38.7 Å². The summed E-state index contributed by atoms with van der Waals surface area (Å²) in [7, 11) is -1.74. The number of nitrogen functional groups attached to an aromatic ring is 1. The summed E-state index contributed by atoms with van der Waals surface area (Å²) < 4.78 is 29.0. The fourth-order valence-electron chi connectivity index (χ4n) is 3.46. The molecular weight excluding hydrogens is 406 g/mol. The largest absolute Gasteiger partial charge is 0.399 e. The van der Waals surface area contributed by atoms with Crippen molar-refractivity contribution in [1.29, 1.82) is 0 Å². The molecule has 0 aromatic heterocycles. The van der Waals surface area contributed by atoms with E-state index in [1.165, 1.54) is 16.9 Å². The van der Waals surface area contributed by atoms with Gasteiger partial charge in [-0.3, -0.25) is 14.5 Å². The molecule has 8 nitrogen and oxygen atoms in total. The van der Waals surface area contributed by atoms with Gasteiger partial charge in [0.1, 0.15) is 0 Å². The molecule has 0 bridgehead atoms. The first-order valence-corrected chi connectivity index (χ1v) is 11.4. The molecule has 0 aliphatic carbocycles. The lowest BCUT2D eigenvalue weighted by Gasteiger charge is -2.30.